The van der Waals surface area contributed by atoms with E-state index in [-0.39, 0.29) is 16.6 Å². The average Bonchev–Trinajstić information content (AvgIpc) is 3.38. The third kappa shape index (κ3) is 5.45. The standard InChI is InChI=1S/C26H27ClFN5O4/c27-19-4-3-17(14-20(19)28)24(22-2-1-10-32(22)26(35)36)33-11-6-16(15-23(33)34)21-5-9-29-25(31-21)30-18-7-12-37-13-8-18/h3-6,9,11,14-15,18,22,24H,1-2,7-8,10,12-13H2,(H,35,36)(H,29,30,31)/t22?,24-/m0/s1. The lowest BCUT2D eigenvalue weighted by atomic mass is 9.96. The maximum Gasteiger partial charge on any atom is 0.407 e. The zero-order chi connectivity index (χ0) is 25.9. The Kier molecular flexibility index (Phi) is 7.38. The van der Waals surface area contributed by atoms with Gasteiger partial charge in [0.25, 0.3) is 5.56 Å². The van der Waals surface area contributed by atoms with Crippen LogP contribution in [0.5, 0.6) is 0 Å². The monoisotopic (exact) mass is 527 g/mol. The van der Waals surface area contributed by atoms with Gasteiger partial charge in [-0.2, -0.15) is 0 Å². The molecule has 0 radical (unpaired) electrons. The summed E-state index contributed by atoms with van der Waals surface area (Å²) in [7, 11) is 0. The third-order valence-electron chi connectivity index (χ3n) is 6.95. The van der Waals surface area contributed by atoms with Crippen LogP contribution >= 0.6 is 11.6 Å². The highest BCUT2D eigenvalue weighted by Crippen LogP contribution is 2.33. The van der Waals surface area contributed by atoms with Gasteiger partial charge in [0.15, 0.2) is 0 Å². The topological polar surface area (TPSA) is 110 Å². The van der Waals surface area contributed by atoms with E-state index in [0.717, 1.165) is 12.8 Å². The molecule has 5 rings (SSSR count). The third-order valence-corrected chi connectivity index (χ3v) is 7.25. The molecule has 2 fully saturated rings. The molecule has 2 aromatic heterocycles. The number of hydrogen-bond acceptors (Lipinski definition) is 6. The summed E-state index contributed by atoms with van der Waals surface area (Å²) in [5.41, 5.74) is 1.30. The van der Waals surface area contributed by atoms with Crippen LogP contribution in [0.25, 0.3) is 11.3 Å². The van der Waals surface area contributed by atoms with E-state index >= 15 is 0 Å². The molecule has 1 unspecified atom stereocenters. The van der Waals surface area contributed by atoms with Gasteiger partial charge in [-0.3, -0.25) is 4.79 Å². The van der Waals surface area contributed by atoms with Crippen LogP contribution < -0.4 is 10.9 Å². The van der Waals surface area contributed by atoms with Gasteiger partial charge < -0.3 is 24.6 Å². The Labute approximate surface area is 217 Å². The van der Waals surface area contributed by atoms with Crippen molar-refractivity contribution in [2.24, 2.45) is 0 Å². The molecule has 9 nitrogen and oxygen atoms in total. The minimum absolute atomic E-state index is 0.0411. The van der Waals surface area contributed by atoms with Crippen LogP contribution in [0.2, 0.25) is 5.02 Å². The van der Waals surface area contributed by atoms with Crippen molar-refractivity contribution in [2.75, 3.05) is 25.1 Å². The number of aromatic nitrogens is 3. The van der Waals surface area contributed by atoms with E-state index in [0.29, 0.717) is 55.4 Å². The van der Waals surface area contributed by atoms with Gasteiger partial charge in [-0.25, -0.2) is 19.2 Å². The summed E-state index contributed by atoms with van der Waals surface area (Å²) in [6, 6.07) is 8.23. The second kappa shape index (κ2) is 10.9. The smallest absolute Gasteiger partial charge is 0.407 e. The van der Waals surface area contributed by atoms with Crippen LogP contribution in [0.3, 0.4) is 0 Å². The second-order valence-electron chi connectivity index (χ2n) is 9.26. The van der Waals surface area contributed by atoms with Gasteiger partial charge in [0.2, 0.25) is 5.95 Å². The predicted octanol–water partition coefficient (Wildman–Crippen LogP) is 4.42. The van der Waals surface area contributed by atoms with Crippen LogP contribution in [0, 0.1) is 5.82 Å². The van der Waals surface area contributed by atoms with Gasteiger partial charge in [0.05, 0.1) is 22.8 Å². The molecule has 0 bridgehead atoms. The minimum Gasteiger partial charge on any atom is -0.465 e. The minimum atomic E-state index is -1.07. The second-order valence-corrected chi connectivity index (χ2v) is 9.67. The van der Waals surface area contributed by atoms with Crippen molar-refractivity contribution in [3.8, 4) is 11.3 Å². The summed E-state index contributed by atoms with van der Waals surface area (Å²) in [5.74, 6) is -0.148. The van der Waals surface area contributed by atoms with Crippen molar-refractivity contribution in [2.45, 2.75) is 43.8 Å². The number of anilines is 1. The summed E-state index contributed by atoms with van der Waals surface area (Å²) in [5, 5.41) is 13.0. The molecule has 37 heavy (non-hydrogen) atoms. The average molecular weight is 528 g/mol. The molecular weight excluding hydrogens is 501 g/mol. The van der Waals surface area contributed by atoms with Crippen molar-refractivity contribution >= 4 is 23.6 Å². The van der Waals surface area contributed by atoms with Crippen LogP contribution in [-0.2, 0) is 4.74 Å². The molecule has 1 aromatic carbocycles. The lowest BCUT2D eigenvalue weighted by Crippen LogP contribution is -2.43. The summed E-state index contributed by atoms with van der Waals surface area (Å²) < 4.78 is 21.3. The van der Waals surface area contributed by atoms with Crippen LogP contribution in [0.1, 0.15) is 37.3 Å². The largest absolute Gasteiger partial charge is 0.465 e. The van der Waals surface area contributed by atoms with E-state index in [1.165, 1.54) is 27.7 Å². The highest BCUT2D eigenvalue weighted by molar-refractivity contribution is 6.30. The van der Waals surface area contributed by atoms with E-state index < -0.39 is 24.0 Å². The Hall–Kier alpha value is -3.50. The molecule has 1 amide bonds. The highest BCUT2D eigenvalue weighted by Gasteiger charge is 2.37. The van der Waals surface area contributed by atoms with Gasteiger partial charge in [-0.1, -0.05) is 17.7 Å². The van der Waals surface area contributed by atoms with Crippen molar-refractivity contribution in [3.05, 3.63) is 75.5 Å². The number of rotatable bonds is 6. The Morgan fingerprint density at radius 1 is 1.19 bits per heavy atom. The number of nitrogens with zero attached hydrogens (tertiary/aromatic N) is 4. The first-order valence-corrected chi connectivity index (χ1v) is 12.6. The van der Waals surface area contributed by atoms with Gasteiger partial charge in [0.1, 0.15) is 5.82 Å². The fourth-order valence-electron chi connectivity index (χ4n) is 5.12. The molecule has 2 saturated heterocycles. The zero-order valence-electron chi connectivity index (χ0n) is 20.0. The lowest BCUT2D eigenvalue weighted by molar-refractivity contribution is 0.0903. The Bertz CT molecular complexity index is 1350. The summed E-state index contributed by atoms with van der Waals surface area (Å²) in [6.07, 6.45) is 5.11. The maximum atomic E-state index is 14.4. The van der Waals surface area contributed by atoms with E-state index in [4.69, 9.17) is 16.3 Å². The molecule has 0 saturated carbocycles. The lowest BCUT2D eigenvalue weighted by Gasteiger charge is -2.32. The summed E-state index contributed by atoms with van der Waals surface area (Å²) >= 11 is 5.89. The number of hydrogen-bond donors (Lipinski definition) is 2. The molecule has 2 atom stereocenters. The van der Waals surface area contributed by atoms with Crippen molar-refractivity contribution in [1.29, 1.82) is 0 Å². The predicted molar refractivity (Wildman–Crippen MR) is 136 cm³/mol. The molecule has 2 N–H and O–H groups in total. The number of benzene rings is 1. The van der Waals surface area contributed by atoms with E-state index in [1.807, 2.05) is 0 Å². The first-order chi connectivity index (χ1) is 17.9. The molecule has 11 heteroatoms. The summed E-state index contributed by atoms with van der Waals surface area (Å²) in [6.45, 7) is 1.73. The number of carbonyl (C=O) groups is 1. The van der Waals surface area contributed by atoms with Gasteiger partial charge in [0, 0.05) is 49.8 Å². The van der Waals surface area contributed by atoms with Crippen molar-refractivity contribution in [1.82, 2.24) is 19.4 Å². The number of ether oxygens (including phenoxy) is 1. The van der Waals surface area contributed by atoms with Crippen LogP contribution in [0.4, 0.5) is 15.1 Å². The van der Waals surface area contributed by atoms with Gasteiger partial charge in [-0.05, 0) is 55.5 Å². The number of amides is 1. The molecule has 4 heterocycles. The SMILES string of the molecule is O=C(O)N1CCCC1[C@H](c1ccc(Cl)c(F)c1)n1ccc(-c2ccnc(NC3CCOCC3)n2)cc1=O. The van der Waals surface area contributed by atoms with E-state index in [2.05, 4.69) is 15.3 Å². The van der Waals surface area contributed by atoms with Gasteiger partial charge in [-0.15, -0.1) is 0 Å². The normalized spacial score (nSPS) is 19.1. The number of nitrogens with one attached hydrogen (secondary N) is 1. The Morgan fingerprint density at radius 3 is 2.73 bits per heavy atom. The van der Waals surface area contributed by atoms with Crippen LogP contribution in [0.15, 0.2) is 53.6 Å². The fourth-order valence-corrected chi connectivity index (χ4v) is 5.23. The molecule has 194 valence electrons. The Morgan fingerprint density at radius 2 is 2.00 bits per heavy atom. The molecule has 2 aliphatic rings. The molecule has 0 aliphatic carbocycles. The molecular formula is C26H27ClFN5O4. The Balaban J connectivity index is 1.48. The zero-order valence-corrected chi connectivity index (χ0v) is 20.8. The fraction of sp³-hybridized carbons (Fsp3) is 0.385. The molecule has 3 aromatic rings. The first kappa shape index (κ1) is 25.2. The van der Waals surface area contributed by atoms with Crippen molar-refractivity contribution in [3.63, 3.8) is 0 Å². The van der Waals surface area contributed by atoms with Crippen LogP contribution in [-0.4, -0.2) is 62.5 Å². The number of carboxylic acid groups (broad SMARTS) is 1. The highest BCUT2D eigenvalue weighted by atomic mass is 35.5. The van der Waals surface area contributed by atoms with Crippen molar-refractivity contribution < 1.29 is 19.0 Å². The quantitative estimate of drug-likeness (QED) is 0.488. The number of pyridine rings is 1. The first-order valence-electron chi connectivity index (χ1n) is 12.2. The number of likely N-dealkylation sites (tertiary alicyclic amines) is 1. The van der Waals surface area contributed by atoms with E-state index in [9.17, 15) is 19.1 Å². The maximum absolute atomic E-state index is 14.4. The molecule has 0 spiro atoms. The van der Waals surface area contributed by atoms with E-state index in [1.54, 1.807) is 30.6 Å². The number of halogens is 2. The van der Waals surface area contributed by atoms with Gasteiger partial charge >= 0.3 is 6.09 Å². The summed E-state index contributed by atoms with van der Waals surface area (Å²) in [4.78, 5) is 35.5. The molecule has 2 aliphatic heterocycles.